The topological polar surface area (TPSA) is 44.8 Å². The zero-order valence-corrected chi connectivity index (χ0v) is 18.0. The zero-order chi connectivity index (χ0) is 20.9. The number of hydrogen-bond acceptors (Lipinski definition) is 4. The molecular formula is C25H33N3O2. The van der Waals surface area contributed by atoms with E-state index in [4.69, 9.17) is 4.74 Å². The Hall–Kier alpha value is -2.37. The molecule has 0 bridgehead atoms. The van der Waals surface area contributed by atoms with Gasteiger partial charge in [0.1, 0.15) is 0 Å². The van der Waals surface area contributed by atoms with Crippen LogP contribution >= 0.6 is 0 Å². The molecule has 5 heteroatoms. The molecule has 160 valence electrons. The van der Waals surface area contributed by atoms with Crippen LogP contribution in [0.3, 0.4) is 0 Å². The Kier molecular flexibility index (Phi) is 6.70. The van der Waals surface area contributed by atoms with E-state index in [0.717, 1.165) is 76.5 Å². The molecule has 3 aliphatic heterocycles. The number of allylic oxidation sites excluding steroid dienone is 1. The highest BCUT2D eigenvalue weighted by Crippen LogP contribution is 2.22. The van der Waals surface area contributed by atoms with E-state index in [-0.39, 0.29) is 5.91 Å². The number of nitrogens with zero attached hydrogens (tertiary/aromatic N) is 2. The summed E-state index contributed by atoms with van der Waals surface area (Å²) < 4.78 is 5.18. The highest BCUT2D eigenvalue weighted by Gasteiger charge is 2.24. The Balaban J connectivity index is 1.26. The van der Waals surface area contributed by atoms with Gasteiger partial charge < -0.3 is 15.0 Å². The number of nitrogens with one attached hydrogen (secondary N) is 1. The molecule has 0 atom stereocenters. The second-order valence-electron chi connectivity index (χ2n) is 8.62. The van der Waals surface area contributed by atoms with Gasteiger partial charge in [-0.15, -0.1) is 0 Å². The van der Waals surface area contributed by atoms with Gasteiger partial charge in [-0.3, -0.25) is 9.69 Å². The van der Waals surface area contributed by atoms with E-state index in [1.165, 1.54) is 16.7 Å². The van der Waals surface area contributed by atoms with Crippen molar-refractivity contribution in [2.24, 2.45) is 0 Å². The monoisotopic (exact) mass is 407 g/mol. The van der Waals surface area contributed by atoms with Crippen molar-refractivity contribution < 1.29 is 9.53 Å². The molecule has 3 aliphatic rings. The van der Waals surface area contributed by atoms with Crippen molar-refractivity contribution >= 4 is 5.91 Å². The fourth-order valence-electron chi connectivity index (χ4n) is 4.36. The van der Waals surface area contributed by atoms with Gasteiger partial charge in [0.15, 0.2) is 0 Å². The summed E-state index contributed by atoms with van der Waals surface area (Å²) >= 11 is 0. The van der Waals surface area contributed by atoms with Gasteiger partial charge in [0.2, 0.25) is 0 Å². The van der Waals surface area contributed by atoms with Gasteiger partial charge in [-0.05, 0) is 49.5 Å². The Morgan fingerprint density at radius 2 is 2.00 bits per heavy atom. The second-order valence-corrected chi connectivity index (χ2v) is 8.62. The summed E-state index contributed by atoms with van der Waals surface area (Å²) in [5.74, 6) is 0.152. The Labute approximate surface area is 180 Å². The highest BCUT2D eigenvalue weighted by atomic mass is 16.5. The maximum Gasteiger partial charge on any atom is 0.253 e. The minimum atomic E-state index is 0.152. The summed E-state index contributed by atoms with van der Waals surface area (Å²) in [5.41, 5.74) is 5.75. The number of fused-ring (bicyclic) bond motifs is 1. The third kappa shape index (κ3) is 5.02. The Morgan fingerprint density at radius 3 is 2.77 bits per heavy atom. The summed E-state index contributed by atoms with van der Waals surface area (Å²) in [6, 6.07) is 9.08. The molecule has 1 fully saturated rings. The number of rotatable bonds is 8. The fourth-order valence-corrected chi connectivity index (χ4v) is 4.36. The van der Waals surface area contributed by atoms with Gasteiger partial charge in [-0.2, -0.15) is 0 Å². The van der Waals surface area contributed by atoms with Gasteiger partial charge in [-0.1, -0.05) is 36.4 Å². The highest BCUT2D eigenvalue weighted by molar-refractivity contribution is 5.97. The van der Waals surface area contributed by atoms with E-state index in [2.05, 4.69) is 48.0 Å². The SMILES string of the molecule is C=C(/C=C\C1=C(C)CCN(CCCN2CCc3ccccc3C2)C1=O)NC1COC1. The van der Waals surface area contributed by atoms with Crippen LogP contribution < -0.4 is 5.32 Å². The molecule has 0 unspecified atom stereocenters. The maximum absolute atomic E-state index is 13.0. The molecule has 0 aliphatic carbocycles. The molecule has 1 N–H and O–H groups in total. The summed E-state index contributed by atoms with van der Waals surface area (Å²) in [6.45, 7) is 12.4. The predicted octanol–water partition coefficient (Wildman–Crippen LogP) is 3.04. The molecule has 0 radical (unpaired) electrons. The maximum atomic E-state index is 13.0. The van der Waals surface area contributed by atoms with Crippen molar-refractivity contribution in [1.29, 1.82) is 0 Å². The van der Waals surface area contributed by atoms with Crippen LogP contribution in [-0.4, -0.2) is 61.1 Å². The normalized spacial score (nSPS) is 20.4. The first-order valence-electron chi connectivity index (χ1n) is 11.1. The number of benzene rings is 1. The largest absolute Gasteiger partial charge is 0.378 e. The first kappa shape index (κ1) is 20.9. The van der Waals surface area contributed by atoms with Crippen molar-refractivity contribution in [3.05, 3.63) is 71.0 Å². The molecule has 5 nitrogen and oxygen atoms in total. The Bertz CT molecular complexity index is 854. The first-order chi connectivity index (χ1) is 14.6. The van der Waals surface area contributed by atoms with Crippen LogP contribution in [0.4, 0.5) is 0 Å². The molecule has 1 aromatic carbocycles. The van der Waals surface area contributed by atoms with Crippen molar-refractivity contribution in [2.45, 2.75) is 38.8 Å². The molecule has 4 rings (SSSR count). The first-order valence-corrected chi connectivity index (χ1v) is 11.1. The average molecular weight is 408 g/mol. The molecule has 30 heavy (non-hydrogen) atoms. The number of carbonyl (C=O) groups excluding carboxylic acids is 1. The van der Waals surface area contributed by atoms with E-state index in [9.17, 15) is 4.79 Å². The van der Waals surface area contributed by atoms with E-state index in [0.29, 0.717) is 6.04 Å². The van der Waals surface area contributed by atoms with Crippen LogP contribution in [0, 0.1) is 0 Å². The minimum Gasteiger partial charge on any atom is -0.378 e. The van der Waals surface area contributed by atoms with Gasteiger partial charge in [0, 0.05) is 44.0 Å². The molecule has 1 aromatic rings. The molecule has 0 spiro atoms. The van der Waals surface area contributed by atoms with Crippen LogP contribution in [-0.2, 0) is 22.5 Å². The second kappa shape index (κ2) is 9.63. The Morgan fingerprint density at radius 1 is 1.20 bits per heavy atom. The van der Waals surface area contributed by atoms with E-state index >= 15 is 0 Å². The lowest BCUT2D eigenvalue weighted by atomic mass is 9.99. The lowest BCUT2D eigenvalue weighted by Gasteiger charge is -2.32. The molecule has 0 aromatic heterocycles. The van der Waals surface area contributed by atoms with Crippen LogP contribution in [0.15, 0.2) is 59.8 Å². The van der Waals surface area contributed by atoms with Gasteiger partial charge in [-0.25, -0.2) is 0 Å². The smallest absolute Gasteiger partial charge is 0.253 e. The van der Waals surface area contributed by atoms with E-state index < -0.39 is 0 Å². The standard InChI is InChI=1S/C25H33N3O2/c1-19-10-15-28(25(29)24(19)9-8-20(2)26-23-17-30-18-23)13-5-12-27-14-11-21-6-3-4-7-22(21)16-27/h3-4,6-9,23,26H,2,5,10-18H2,1H3/b9-8-. The quantitative estimate of drug-likeness (QED) is 0.673. The third-order valence-electron chi connectivity index (χ3n) is 6.32. The van der Waals surface area contributed by atoms with Crippen molar-refractivity contribution in [3.8, 4) is 0 Å². The molecule has 1 saturated heterocycles. The fraction of sp³-hybridized carbons (Fsp3) is 0.480. The summed E-state index contributed by atoms with van der Waals surface area (Å²) in [4.78, 5) is 17.5. The molecule has 3 heterocycles. The van der Waals surface area contributed by atoms with Crippen LogP contribution in [0.5, 0.6) is 0 Å². The zero-order valence-electron chi connectivity index (χ0n) is 18.0. The number of hydrogen-bond donors (Lipinski definition) is 1. The third-order valence-corrected chi connectivity index (χ3v) is 6.32. The predicted molar refractivity (Wildman–Crippen MR) is 120 cm³/mol. The van der Waals surface area contributed by atoms with Crippen molar-refractivity contribution in [3.63, 3.8) is 0 Å². The van der Waals surface area contributed by atoms with Crippen LogP contribution in [0.25, 0.3) is 0 Å². The van der Waals surface area contributed by atoms with E-state index in [1.807, 2.05) is 17.1 Å². The van der Waals surface area contributed by atoms with Crippen LogP contribution in [0.2, 0.25) is 0 Å². The lowest BCUT2D eigenvalue weighted by Crippen LogP contribution is -2.44. The average Bonchev–Trinajstić information content (AvgIpc) is 2.72. The summed E-state index contributed by atoms with van der Waals surface area (Å²) in [5, 5.41) is 3.32. The molecule has 0 saturated carbocycles. The molecule has 1 amide bonds. The van der Waals surface area contributed by atoms with E-state index in [1.54, 1.807) is 0 Å². The number of amides is 1. The minimum absolute atomic E-state index is 0.152. The number of carbonyl (C=O) groups is 1. The van der Waals surface area contributed by atoms with Gasteiger partial charge in [0.25, 0.3) is 5.91 Å². The lowest BCUT2D eigenvalue weighted by molar-refractivity contribution is -0.127. The van der Waals surface area contributed by atoms with Crippen molar-refractivity contribution in [1.82, 2.24) is 15.1 Å². The molecular weight excluding hydrogens is 374 g/mol. The number of ether oxygens (including phenoxy) is 1. The summed E-state index contributed by atoms with van der Waals surface area (Å²) in [6.07, 6.45) is 6.93. The van der Waals surface area contributed by atoms with Gasteiger partial charge in [0.05, 0.1) is 19.3 Å². The summed E-state index contributed by atoms with van der Waals surface area (Å²) in [7, 11) is 0. The van der Waals surface area contributed by atoms with Crippen molar-refractivity contribution in [2.75, 3.05) is 39.4 Å². The van der Waals surface area contributed by atoms with Crippen LogP contribution in [0.1, 0.15) is 30.9 Å². The van der Waals surface area contributed by atoms with Gasteiger partial charge >= 0.3 is 0 Å².